The first-order valence-electron chi connectivity index (χ1n) is 6.83. The van der Waals surface area contributed by atoms with Gasteiger partial charge >= 0.3 is 0 Å². The third kappa shape index (κ3) is 4.86. The Labute approximate surface area is 124 Å². The number of ether oxygens (including phenoxy) is 3. The van der Waals surface area contributed by atoms with Gasteiger partial charge in [-0.15, -0.1) is 0 Å². The van der Waals surface area contributed by atoms with Crippen LogP contribution in [0.4, 0.5) is 0 Å². The van der Waals surface area contributed by atoms with Crippen molar-refractivity contribution in [1.29, 1.82) is 0 Å². The van der Waals surface area contributed by atoms with Crippen molar-refractivity contribution >= 4 is 0 Å². The smallest absolute Gasteiger partial charge is 0.189 e. The number of hydrogen-bond donors (Lipinski definition) is 1. The summed E-state index contributed by atoms with van der Waals surface area (Å²) in [7, 11) is 1.62. The second-order valence-corrected chi connectivity index (χ2v) is 4.55. The van der Waals surface area contributed by atoms with E-state index in [1.807, 2.05) is 54.6 Å². The number of methoxy groups -OCH3 is 1. The average Bonchev–Trinajstić information content (AvgIpc) is 2.55. The van der Waals surface area contributed by atoms with Crippen LogP contribution in [-0.2, 0) is 9.47 Å². The predicted octanol–water partition coefficient (Wildman–Crippen LogP) is 2.77. The van der Waals surface area contributed by atoms with Crippen molar-refractivity contribution in [3.05, 3.63) is 65.7 Å². The average molecular weight is 288 g/mol. The second kappa shape index (κ2) is 8.42. The van der Waals surface area contributed by atoms with E-state index >= 15 is 0 Å². The molecule has 4 nitrogen and oxygen atoms in total. The highest BCUT2D eigenvalue weighted by Crippen LogP contribution is 2.24. The second-order valence-electron chi connectivity index (χ2n) is 4.55. The van der Waals surface area contributed by atoms with Crippen LogP contribution in [0.2, 0.25) is 0 Å². The zero-order valence-electron chi connectivity index (χ0n) is 12.1. The Morgan fingerprint density at radius 1 is 0.952 bits per heavy atom. The lowest BCUT2D eigenvalue weighted by atomic mass is 10.0. The standard InChI is InChI=1S/C17H20O4/c1-19-10-11-20-13-21-16-9-5-8-15(12-16)17(18)14-6-3-2-4-7-14/h2-9,12,17-18H,10-11,13H2,1H3. The molecule has 0 aliphatic rings. The van der Waals surface area contributed by atoms with E-state index in [0.717, 1.165) is 11.1 Å². The quantitative estimate of drug-likeness (QED) is 0.599. The molecule has 0 spiro atoms. The summed E-state index contributed by atoms with van der Waals surface area (Å²) in [6, 6.07) is 16.9. The van der Waals surface area contributed by atoms with E-state index in [-0.39, 0.29) is 6.79 Å². The summed E-state index contributed by atoms with van der Waals surface area (Å²) in [4.78, 5) is 0. The molecule has 0 aromatic heterocycles. The minimum absolute atomic E-state index is 0.161. The van der Waals surface area contributed by atoms with Crippen LogP contribution in [-0.4, -0.2) is 32.2 Å². The summed E-state index contributed by atoms with van der Waals surface area (Å²) < 4.78 is 15.6. The molecule has 0 heterocycles. The van der Waals surface area contributed by atoms with E-state index in [1.54, 1.807) is 7.11 Å². The molecule has 4 heteroatoms. The van der Waals surface area contributed by atoms with Gasteiger partial charge in [0, 0.05) is 7.11 Å². The van der Waals surface area contributed by atoms with Gasteiger partial charge in [0.2, 0.25) is 0 Å². The van der Waals surface area contributed by atoms with E-state index in [2.05, 4.69) is 0 Å². The first kappa shape index (κ1) is 15.5. The monoisotopic (exact) mass is 288 g/mol. The molecule has 2 aromatic carbocycles. The van der Waals surface area contributed by atoms with Crippen molar-refractivity contribution in [2.75, 3.05) is 27.1 Å². The fourth-order valence-electron chi connectivity index (χ4n) is 1.91. The molecule has 0 saturated carbocycles. The molecule has 0 bridgehead atoms. The topological polar surface area (TPSA) is 47.9 Å². The third-order valence-electron chi connectivity index (χ3n) is 3.03. The molecule has 0 radical (unpaired) electrons. The molecule has 2 rings (SSSR count). The third-order valence-corrected chi connectivity index (χ3v) is 3.03. The first-order chi connectivity index (χ1) is 10.3. The fourth-order valence-corrected chi connectivity index (χ4v) is 1.91. The summed E-state index contributed by atoms with van der Waals surface area (Å²) in [5.74, 6) is 0.667. The Hall–Kier alpha value is -1.88. The van der Waals surface area contributed by atoms with E-state index in [9.17, 15) is 5.11 Å². The molecule has 21 heavy (non-hydrogen) atoms. The molecule has 1 unspecified atom stereocenters. The van der Waals surface area contributed by atoms with Crippen LogP contribution in [0, 0.1) is 0 Å². The van der Waals surface area contributed by atoms with Crippen molar-refractivity contribution in [3.63, 3.8) is 0 Å². The highest BCUT2D eigenvalue weighted by atomic mass is 16.7. The first-order valence-corrected chi connectivity index (χ1v) is 6.83. The van der Waals surface area contributed by atoms with Crippen molar-refractivity contribution in [2.24, 2.45) is 0 Å². The van der Waals surface area contributed by atoms with Crippen LogP contribution in [0.25, 0.3) is 0 Å². The molecule has 0 aliphatic heterocycles. The molecular weight excluding hydrogens is 268 g/mol. The Balaban J connectivity index is 1.94. The number of aliphatic hydroxyl groups is 1. The SMILES string of the molecule is COCCOCOc1cccc(C(O)c2ccccc2)c1. The maximum Gasteiger partial charge on any atom is 0.189 e. The van der Waals surface area contributed by atoms with Gasteiger partial charge in [-0.1, -0.05) is 42.5 Å². The van der Waals surface area contributed by atoms with Gasteiger partial charge in [0.25, 0.3) is 0 Å². The lowest BCUT2D eigenvalue weighted by Gasteiger charge is -2.13. The molecule has 0 saturated heterocycles. The minimum atomic E-state index is -0.663. The minimum Gasteiger partial charge on any atom is -0.468 e. The van der Waals surface area contributed by atoms with Gasteiger partial charge in [-0.05, 0) is 23.3 Å². The van der Waals surface area contributed by atoms with Gasteiger partial charge < -0.3 is 19.3 Å². The van der Waals surface area contributed by atoms with Crippen LogP contribution in [0.15, 0.2) is 54.6 Å². The molecular formula is C17H20O4. The summed E-state index contributed by atoms with van der Waals surface area (Å²) in [5.41, 5.74) is 1.64. The molecule has 0 fully saturated rings. The van der Waals surface area contributed by atoms with Crippen LogP contribution in [0.5, 0.6) is 5.75 Å². The lowest BCUT2D eigenvalue weighted by molar-refractivity contribution is -0.00855. The van der Waals surface area contributed by atoms with Crippen LogP contribution in [0.3, 0.4) is 0 Å². The van der Waals surface area contributed by atoms with Crippen LogP contribution >= 0.6 is 0 Å². The van der Waals surface area contributed by atoms with E-state index in [1.165, 1.54) is 0 Å². The van der Waals surface area contributed by atoms with Crippen LogP contribution in [0.1, 0.15) is 17.2 Å². The summed E-state index contributed by atoms with van der Waals surface area (Å²) in [5, 5.41) is 10.4. The number of rotatable bonds is 8. The van der Waals surface area contributed by atoms with Crippen molar-refractivity contribution < 1.29 is 19.3 Å². The largest absolute Gasteiger partial charge is 0.468 e. The Morgan fingerprint density at radius 2 is 1.71 bits per heavy atom. The highest BCUT2D eigenvalue weighted by molar-refractivity contribution is 5.35. The van der Waals surface area contributed by atoms with E-state index in [0.29, 0.717) is 19.0 Å². The van der Waals surface area contributed by atoms with Crippen molar-refractivity contribution in [3.8, 4) is 5.75 Å². The van der Waals surface area contributed by atoms with Gasteiger partial charge in [0.1, 0.15) is 11.9 Å². The molecule has 1 N–H and O–H groups in total. The normalized spacial score (nSPS) is 12.1. The van der Waals surface area contributed by atoms with Gasteiger partial charge in [0.05, 0.1) is 13.2 Å². The van der Waals surface area contributed by atoms with Gasteiger partial charge in [-0.2, -0.15) is 0 Å². The van der Waals surface area contributed by atoms with Crippen molar-refractivity contribution in [1.82, 2.24) is 0 Å². The zero-order chi connectivity index (χ0) is 14.9. The Kier molecular flexibility index (Phi) is 6.22. The molecule has 0 amide bonds. The molecule has 2 aromatic rings. The fraction of sp³-hybridized carbons (Fsp3) is 0.294. The lowest BCUT2D eigenvalue weighted by Crippen LogP contribution is -2.08. The molecule has 0 aliphatic carbocycles. The van der Waals surface area contributed by atoms with Gasteiger partial charge in [-0.25, -0.2) is 0 Å². The van der Waals surface area contributed by atoms with Crippen LogP contribution < -0.4 is 4.74 Å². The predicted molar refractivity (Wildman–Crippen MR) is 80.3 cm³/mol. The highest BCUT2D eigenvalue weighted by Gasteiger charge is 2.10. The van der Waals surface area contributed by atoms with E-state index in [4.69, 9.17) is 14.2 Å². The van der Waals surface area contributed by atoms with Gasteiger partial charge in [-0.3, -0.25) is 0 Å². The van der Waals surface area contributed by atoms with Gasteiger partial charge in [0.15, 0.2) is 6.79 Å². The Morgan fingerprint density at radius 3 is 2.48 bits per heavy atom. The molecule has 112 valence electrons. The number of hydrogen-bond acceptors (Lipinski definition) is 4. The zero-order valence-corrected chi connectivity index (χ0v) is 12.1. The molecule has 1 atom stereocenters. The number of aliphatic hydroxyl groups excluding tert-OH is 1. The maximum atomic E-state index is 10.4. The van der Waals surface area contributed by atoms with Crippen molar-refractivity contribution in [2.45, 2.75) is 6.10 Å². The summed E-state index contributed by atoms with van der Waals surface area (Å²) in [6.07, 6.45) is -0.663. The summed E-state index contributed by atoms with van der Waals surface area (Å²) in [6.45, 7) is 1.19. The number of benzene rings is 2. The summed E-state index contributed by atoms with van der Waals surface area (Å²) >= 11 is 0. The van der Waals surface area contributed by atoms with E-state index < -0.39 is 6.10 Å². The Bertz CT molecular complexity index is 527. The maximum absolute atomic E-state index is 10.4.